The zero-order valence-electron chi connectivity index (χ0n) is 9.64. The van der Waals surface area contributed by atoms with Crippen LogP contribution >= 0.6 is 12.4 Å². The molecule has 3 rings (SSSR count). The highest BCUT2D eigenvalue weighted by molar-refractivity contribution is 5.85. The van der Waals surface area contributed by atoms with E-state index in [0.29, 0.717) is 17.3 Å². The largest absolute Gasteiger partial charge is 0.370 e. The van der Waals surface area contributed by atoms with Gasteiger partial charge in [-0.05, 0) is 25.0 Å². The molecule has 1 aliphatic heterocycles. The fourth-order valence-electron chi connectivity index (χ4n) is 1.97. The molecule has 94 valence electrons. The van der Waals surface area contributed by atoms with Gasteiger partial charge in [0, 0.05) is 12.7 Å². The van der Waals surface area contributed by atoms with Crippen LogP contribution in [0.25, 0.3) is 11.5 Å². The van der Waals surface area contributed by atoms with Gasteiger partial charge in [0.15, 0.2) is 5.82 Å². The van der Waals surface area contributed by atoms with Crippen molar-refractivity contribution in [1.29, 1.82) is 0 Å². The molecular weight excluding hydrogens is 252 g/mol. The lowest BCUT2D eigenvalue weighted by Crippen LogP contribution is -2.24. The first-order valence-corrected chi connectivity index (χ1v) is 5.63. The molecule has 0 atom stereocenters. The third kappa shape index (κ3) is 2.22. The first-order valence-electron chi connectivity index (χ1n) is 5.63. The summed E-state index contributed by atoms with van der Waals surface area (Å²) in [7, 11) is 0. The summed E-state index contributed by atoms with van der Waals surface area (Å²) in [6.45, 7) is 0.866. The van der Waals surface area contributed by atoms with Crippen LogP contribution in [0.1, 0.15) is 12.0 Å². The van der Waals surface area contributed by atoms with Gasteiger partial charge in [0.2, 0.25) is 0 Å². The van der Waals surface area contributed by atoms with Crippen molar-refractivity contribution in [2.24, 2.45) is 0 Å². The molecule has 0 spiro atoms. The third-order valence-corrected chi connectivity index (χ3v) is 2.82. The second kappa shape index (κ2) is 5.18. The molecule has 0 bridgehead atoms. The lowest BCUT2D eigenvalue weighted by atomic mass is 10.1. The number of anilines is 1. The van der Waals surface area contributed by atoms with Crippen LogP contribution in [0.4, 0.5) is 5.82 Å². The van der Waals surface area contributed by atoms with Crippen LogP contribution in [0.5, 0.6) is 0 Å². The summed E-state index contributed by atoms with van der Waals surface area (Å²) in [6.07, 6.45) is 3.44. The number of hydrogen-bond acceptors (Lipinski definition) is 4. The van der Waals surface area contributed by atoms with Crippen molar-refractivity contribution in [2.45, 2.75) is 12.8 Å². The zero-order chi connectivity index (χ0) is 11.7. The molecule has 0 fully saturated rings. The number of halogens is 1. The fraction of sp³-hybridized carbons (Fsp3) is 0.250. The Kier molecular flexibility index (Phi) is 3.62. The Labute approximate surface area is 110 Å². The lowest BCUT2D eigenvalue weighted by molar-refractivity contribution is 0.799. The Bertz CT molecular complexity index is 597. The number of hydrogen-bond donors (Lipinski definition) is 2. The first-order chi connectivity index (χ1) is 8.34. The van der Waals surface area contributed by atoms with Crippen molar-refractivity contribution in [3.05, 3.63) is 40.3 Å². The summed E-state index contributed by atoms with van der Waals surface area (Å²) in [6, 6.07) is 5.53. The number of nitrogens with one attached hydrogen (secondary N) is 2. The summed E-state index contributed by atoms with van der Waals surface area (Å²) < 4.78 is 0. The molecule has 5 nitrogen and oxygen atoms in total. The Hall–Kier alpha value is -1.88. The Morgan fingerprint density at radius 1 is 1.28 bits per heavy atom. The molecule has 0 aliphatic carbocycles. The average molecular weight is 265 g/mol. The van der Waals surface area contributed by atoms with Gasteiger partial charge in [-0.25, -0.2) is 4.98 Å². The molecule has 2 aromatic heterocycles. The highest BCUT2D eigenvalue weighted by Crippen LogP contribution is 2.18. The average Bonchev–Trinajstić information content (AvgIpc) is 2.40. The lowest BCUT2D eigenvalue weighted by Gasteiger charge is -2.16. The monoisotopic (exact) mass is 264 g/mol. The van der Waals surface area contributed by atoms with E-state index in [1.54, 1.807) is 6.20 Å². The van der Waals surface area contributed by atoms with E-state index >= 15 is 0 Å². The highest BCUT2D eigenvalue weighted by atomic mass is 35.5. The Balaban J connectivity index is 0.00000120. The first kappa shape index (κ1) is 12.6. The molecule has 0 radical (unpaired) electrons. The van der Waals surface area contributed by atoms with Crippen molar-refractivity contribution >= 4 is 18.2 Å². The highest BCUT2D eigenvalue weighted by Gasteiger charge is 2.15. The van der Waals surface area contributed by atoms with E-state index in [-0.39, 0.29) is 18.0 Å². The van der Waals surface area contributed by atoms with Gasteiger partial charge in [-0.15, -0.1) is 12.4 Å². The van der Waals surface area contributed by atoms with E-state index in [1.807, 2.05) is 18.2 Å². The Morgan fingerprint density at radius 3 is 2.94 bits per heavy atom. The molecule has 2 aromatic rings. The van der Waals surface area contributed by atoms with Crippen LogP contribution < -0.4 is 10.9 Å². The van der Waals surface area contributed by atoms with Gasteiger partial charge in [-0.2, -0.15) is 0 Å². The van der Waals surface area contributed by atoms with Crippen molar-refractivity contribution < 1.29 is 0 Å². The molecule has 1 aliphatic rings. The second-order valence-electron chi connectivity index (χ2n) is 3.99. The summed E-state index contributed by atoms with van der Waals surface area (Å²) in [4.78, 5) is 23.3. The van der Waals surface area contributed by atoms with Gasteiger partial charge >= 0.3 is 0 Å². The number of aromatic nitrogens is 3. The number of pyridine rings is 1. The molecular formula is C12H13ClN4O. The molecule has 0 aromatic carbocycles. The maximum absolute atomic E-state index is 11.9. The SMILES string of the molecule is Cl.O=c1[nH]c(-c2ccccn2)nc2c1CCCN2. The smallest absolute Gasteiger partial charge is 0.256 e. The zero-order valence-corrected chi connectivity index (χ0v) is 10.5. The minimum atomic E-state index is -0.0668. The summed E-state index contributed by atoms with van der Waals surface area (Å²) >= 11 is 0. The molecule has 2 N–H and O–H groups in total. The maximum Gasteiger partial charge on any atom is 0.256 e. The van der Waals surface area contributed by atoms with E-state index in [9.17, 15) is 4.79 Å². The maximum atomic E-state index is 11.9. The molecule has 0 saturated carbocycles. The van der Waals surface area contributed by atoms with Gasteiger partial charge < -0.3 is 10.3 Å². The van der Waals surface area contributed by atoms with Crippen LogP contribution in [0.15, 0.2) is 29.2 Å². The van der Waals surface area contributed by atoms with E-state index in [1.165, 1.54) is 0 Å². The standard InChI is InChI=1S/C12H12N4O.ClH/c17-12-8-4-3-7-14-10(8)15-11(16-12)9-5-1-2-6-13-9;/h1-2,5-6H,3-4,7H2,(H2,14,15,16,17);1H. The fourth-order valence-corrected chi connectivity index (χ4v) is 1.97. The van der Waals surface area contributed by atoms with Crippen LogP contribution in [-0.4, -0.2) is 21.5 Å². The second-order valence-corrected chi connectivity index (χ2v) is 3.99. The Morgan fingerprint density at radius 2 is 2.17 bits per heavy atom. The number of nitrogens with zero attached hydrogens (tertiary/aromatic N) is 2. The van der Waals surface area contributed by atoms with Gasteiger partial charge in [-0.3, -0.25) is 9.78 Å². The van der Waals surface area contributed by atoms with Crippen LogP contribution in [-0.2, 0) is 6.42 Å². The van der Waals surface area contributed by atoms with Crippen molar-refractivity contribution in [3.63, 3.8) is 0 Å². The van der Waals surface area contributed by atoms with Gasteiger partial charge in [0.25, 0.3) is 5.56 Å². The predicted octanol–water partition coefficient (Wildman–Crippen LogP) is 1.61. The predicted molar refractivity (Wildman–Crippen MR) is 72.1 cm³/mol. The topological polar surface area (TPSA) is 70.7 Å². The minimum absolute atomic E-state index is 0. The molecule has 0 amide bonds. The third-order valence-electron chi connectivity index (χ3n) is 2.82. The van der Waals surface area contributed by atoms with E-state index < -0.39 is 0 Å². The number of H-pyrrole nitrogens is 1. The van der Waals surface area contributed by atoms with E-state index in [2.05, 4.69) is 20.3 Å². The summed E-state index contributed by atoms with van der Waals surface area (Å²) in [5.41, 5.74) is 1.36. The quantitative estimate of drug-likeness (QED) is 0.821. The van der Waals surface area contributed by atoms with Crippen molar-refractivity contribution in [1.82, 2.24) is 15.0 Å². The number of fused-ring (bicyclic) bond motifs is 1. The number of rotatable bonds is 1. The van der Waals surface area contributed by atoms with Crippen molar-refractivity contribution in [3.8, 4) is 11.5 Å². The molecule has 0 saturated heterocycles. The van der Waals surface area contributed by atoms with Crippen molar-refractivity contribution in [2.75, 3.05) is 11.9 Å². The summed E-state index contributed by atoms with van der Waals surface area (Å²) in [5, 5.41) is 3.15. The summed E-state index contributed by atoms with van der Waals surface area (Å²) in [5.74, 6) is 1.21. The minimum Gasteiger partial charge on any atom is -0.370 e. The van der Waals surface area contributed by atoms with Crippen LogP contribution in [0.2, 0.25) is 0 Å². The van der Waals surface area contributed by atoms with Crippen LogP contribution in [0.3, 0.4) is 0 Å². The van der Waals surface area contributed by atoms with Gasteiger partial charge in [-0.1, -0.05) is 6.07 Å². The molecule has 18 heavy (non-hydrogen) atoms. The molecule has 6 heteroatoms. The van der Waals surface area contributed by atoms with Gasteiger partial charge in [0.05, 0.1) is 5.56 Å². The molecule has 0 unspecified atom stereocenters. The van der Waals surface area contributed by atoms with E-state index in [0.717, 1.165) is 24.9 Å². The van der Waals surface area contributed by atoms with E-state index in [4.69, 9.17) is 0 Å². The molecule has 3 heterocycles. The normalized spacial score (nSPS) is 13.1. The van der Waals surface area contributed by atoms with Crippen LogP contribution in [0, 0.1) is 0 Å². The number of aromatic amines is 1. The van der Waals surface area contributed by atoms with Gasteiger partial charge in [0.1, 0.15) is 11.5 Å².